The maximum absolute atomic E-state index is 12.8. The molecule has 0 saturated heterocycles. The lowest BCUT2D eigenvalue weighted by molar-refractivity contribution is 0.625. The molecule has 0 unspecified atom stereocenters. The van der Waals surface area contributed by atoms with Gasteiger partial charge in [0.05, 0.1) is 0 Å². The maximum atomic E-state index is 12.8. The molecule has 0 amide bonds. The zero-order valence-electron chi connectivity index (χ0n) is 6.90. The fourth-order valence-electron chi connectivity index (χ4n) is 1.14. The molecule has 0 radical (unpaired) electrons. The Labute approximate surface area is 80.2 Å². The second kappa shape index (κ2) is 3.85. The van der Waals surface area contributed by atoms with E-state index in [4.69, 9.17) is 0 Å². The predicted octanol–water partition coefficient (Wildman–Crippen LogP) is 3.59. The Balaban J connectivity index is 2.93. The van der Waals surface area contributed by atoms with Gasteiger partial charge in [-0.1, -0.05) is 28.6 Å². The highest BCUT2D eigenvalue weighted by Crippen LogP contribution is 2.14. The van der Waals surface area contributed by atoms with Gasteiger partial charge in [0.25, 0.3) is 0 Å². The molecule has 0 aromatic heterocycles. The van der Waals surface area contributed by atoms with Crippen LogP contribution >= 0.6 is 15.9 Å². The van der Waals surface area contributed by atoms with E-state index in [-0.39, 0.29) is 5.82 Å². The van der Waals surface area contributed by atoms with Gasteiger partial charge in [-0.25, -0.2) is 4.39 Å². The zero-order chi connectivity index (χ0) is 9.14. The van der Waals surface area contributed by atoms with Crippen LogP contribution in [0.1, 0.15) is 11.1 Å². The molecular weight excluding hydrogens is 219 g/mol. The van der Waals surface area contributed by atoms with Crippen LogP contribution in [0.4, 0.5) is 4.39 Å². The van der Waals surface area contributed by atoms with Gasteiger partial charge in [-0.2, -0.15) is 0 Å². The van der Waals surface area contributed by atoms with Crippen LogP contribution in [0.25, 0.3) is 0 Å². The minimum atomic E-state index is -0.182. The molecule has 0 saturated carbocycles. The Kier molecular flexibility index (Phi) is 3.04. The molecule has 1 rings (SSSR count). The summed E-state index contributed by atoms with van der Waals surface area (Å²) in [6.07, 6.45) is 0.679. The Morgan fingerprint density at radius 2 is 2.17 bits per heavy atom. The van der Waals surface area contributed by atoms with Gasteiger partial charge in [0.1, 0.15) is 5.82 Å². The van der Waals surface area contributed by atoms with Crippen LogP contribution in [0.5, 0.6) is 0 Å². The summed E-state index contributed by atoms with van der Waals surface area (Å²) in [5.74, 6) is -0.182. The molecule has 64 valence electrons. The molecule has 0 nitrogen and oxygen atoms in total. The second-order valence-corrected chi connectivity index (χ2v) is 3.95. The Hall–Kier alpha value is -0.630. The summed E-state index contributed by atoms with van der Waals surface area (Å²) in [7, 11) is 0. The monoisotopic (exact) mass is 228 g/mol. The van der Waals surface area contributed by atoms with E-state index in [2.05, 4.69) is 22.5 Å². The van der Waals surface area contributed by atoms with Crippen LogP contribution in [0.15, 0.2) is 29.3 Å². The number of rotatable bonds is 2. The first-order valence-corrected chi connectivity index (χ1v) is 4.46. The zero-order valence-corrected chi connectivity index (χ0v) is 8.49. The van der Waals surface area contributed by atoms with E-state index in [1.165, 1.54) is 12.1 Å². The maximum Gasteiger partial charge on any atom is 0.123 e. The van der Waals surface area contributed by atoms with E-state index in [1.54, 1.807) is 0 Å². The largest absolute Gasteiger partial charge is 0.207 e. The molecule has 0 fully saturated rings. The van der Waals surface area contributed by atoms with E-state index in [0.717, 1.165) is 15.6 Å². The summed E-state index contributed by atoms with van der Waals surface area (Å²) >= 11 is 3.24. The molecule has 0 aliphatic carbocycles. The summed E-state index contributed by atoms with van der Waals surface area (Å²) in [6, 6.07) is 5.00. The lowest BCUT2D eigenvalue weighted by Crippen LogP contribution is -1.87. The van der Waals surface area contributed by atoms with Gasteiger partial charge in [0.15, 0.2) is 0 Å². The van der Waals surface area contributed by atoms with Crippen LogP contribution in [0, 0.1) is 12.7 Å². The molecule has 2 heteroatoms. The van der Waals surface area contributed by atoms with Gasteiger partial charge in [0, 0.05) is 6.42 Å². The van der Waals surface area contributed by atoms with Crippen LogP contribution in [0.2, 0.25) is 0 Å². The Bertz CT molecular complexity index is 284. The Morgan fingerprint density at radius 3 is 2.67 bits per heavy atom. The molecule has 12 heavy (non-hydrogen) atoms. The average molecular weight is 229 g/mol. The molecular formula is C10H10BrF. The van der Waals surface area contributed by atoms with Crippen LogP contribution in [-0.4, -0.2) is 0 Å². The van der Waals surface area contributed by atoms with Gasteiger partial charge < -0.3 is 0 Å². The standard InChI is InChI=1S/C10H10BrF/c1-7-3-9(5-8(2)11)6-10(12)4-7/h3-4,6H,2,5H2,1H3. The second-order valence-electron chi connectivity index (χ2n) is 2.83. The van der Waals surface area contributed by atoms with Gasteiger partial charge in [-0.3, -0.25) is 0 Å². The van der Waals surface area contributed by atoms with Crippen LogP contribution < -0.4 is 0 Å². The molecule has 0 aliphatic rings. The van der Waals surface area contributed by atoms with E-state index < -0.39 is 0 Å². The van der Waals surface area contributed by atoms with Crippen molar-refractivity contribution in [3.05, 3.63) is 46.2 Å². The molecule has 0 N–H and O–H groups in total. The molecule has 0 spiro atoms. The predicted molar refractivity (Wildman–Crippen MR) is 52.9 cm³/mol. The SMILES string of the molecule is C=C(Br)Cc1cc(C)cc(F)c1. The minimum absolute atomic E-state index is 0.182. The van der Waals surface area contributed by atoms with E-state index >= 15 is 0 Å². The Morgan fingerprint density at radius 1 is 1.50 bits per heavy atom. The topological polar surface area (TPSA) is 0 Å². The molecule has 0 bridgehead atoms. The van der Waals surface area contributed by atoms with Crippen LogP contribution in [0.3, 0.4) is 0 Å². The minimum Gasteiger partial charge on any atom is -0.207 e. The van der Waals surface area contributed by atoms with Crippen molar-refractivity contribution >= 4 is 15.9 Å². The van der Waals surface area contributed by atoms with Crippen molar-refractivity contribution in [2.24, 2.45) is 0 Å². The van der Waals surface area contributed by atoms with Crippen molar-refractivity contribution in [3.8, 4) is 0 Å². The third kappa shape index (κ3) is 2.78. The number of aryl methyl sites for hydroxylation is 1. The first kappa shape index (κ1) is 9.46. The van der Waals surface area contributed by atoms with Gasteiger partial charge >= 0.3 is 0 Å². The molecule has 0 atom stereocenters. The molecule has 1 aromatic rings. The average Bonchev–Trinajstić information content (AvgIpc) is 1.81. The number of hydrogen-bond donors (Lipinski definition) is 0. The quantitative estimate of drug-likeness (QED) is 0.726. The molecule has 1 aromatic carbocycles. The number of halogens is 2. The molecule has 0 aliphatic heterocycles. The van der Waals surface area contributed by atoms with Gasteiger partial charge in [-0.05, 0) is 34.7 Å². The normalized spacial score (nSPS) is 9.92. The number of allylic oxidation sites excluding steroid dienone is 1. The van der Waals surface area contributed by atoms with E-state index in [9.17, 15) is 4.39 Å². The number of hydrogen-bond acceptors (Lipinski definition) is 0. The summed E-state index contributed by atoms with van der Waals surface area (Å²) in [4.78, 5) is 0. The van der Waals surface area contributed by atoms with E-state index in [0.29, 0.717) is 6.42 Å². The molecule has 0 heterocycles. The highest BCUT2D eigenvalue weighted by atomic mass is 79.9. The summed E-state index contributed by atoms with van der Waals surface area (Å²) in [6.45, 7) is 5.58. The van der Waals surface area contributed by atoms with Crippen molar-refractivity contribution in [2.45, 2.75) is 13.3 Å². The van der Waals surface area contributed by atoms with E-state index in [1.807, 2.05) is 13.0 Å². The smallest absolute Gasteiger partial charge is 0.123 e. The number of benzene rings is 1. The van der Waals surface area contributed by atoms with Crippen LogP contribution in [-0.2, 0) is 6.42 Å². The summed E-state index contributed by atoms with van der Waals surface area (Å²) in [5, 5.41) is 0. The third-order valence-corrected chi connectivity index (χ3v) is 1.78. The first-order chi connectivity index (χ1) is 5.58. The highest BCUT2D eigenvalue weighted by molar-refractivity contribution is 9.11. The fraction of sp³-hybridized carbons (Fsp3) is 0.200. The summed E-state index contributed by atoms with van der Waals surface area (Å²) < 4.78 is 13.7. The van der Waals surface area contributed by atoms with Crippen molar-refractivity contribution < 1.29 is 4.39 Å². The van der Waals surface area contributed by atoms with Crippen molar-refractivity contribution in [3.63, 3.8) is 0 Å². The van der Waals surface area contributed by atoms with Crippen molar-refractivity contribution in [1.29, 1.82) is 0 Å². The lowest BCUT2D eigenvalue weighted by Gasteiger charge is -2.01. The van der Waals surface area contributed by atoms with Crippen molar-refractivity contribution in [2.75, 3.05) is 0 Å². The third-order valence-electron chi connectivity index (χ3n) is 1.50. The lowest BCUT2D eigenvalue weighted by atomic mass is 10.1. The first-order valence-electron chi connectivity index (χ1n) is 3.67. The summed E-state index contributed by atoms with van der Waals surface area (Å²) in [5.41, 5.74) is 1.90. The van der Waals surface area contributed by atoms with Gasteiger partial charge in [0.2, 0.25) is 0 Å². The highest BCUT2D eigenvalue weighted by Gasteiger charge is 1.98. The van der Waals surface area contributed by atoms with Gasteiger partial charge in [-0.15, -0.1) is 0 Å². The van der Waals surface area contributed by atoms with Crippen molar-refractivity contribution in [1.82, 2.24) is 0 Å². The fourth-order valence-corrected chi connectivity index (χ4v) is 1.46.